The Balaban J connectivity index is 2.13. The number of carbonyl (C=O) groups is 1. The van der Waals surface area contributed by atoms with Crippen molar-refractivity contribution < 1.29 is 28.5 Å². The molecular formula is C24H31FO5. The third kappa shape index (κ3) is 6.12. The van der Waals surface area contributed by atoms with Gasteiger partial charge in [0.25, 0.3) is 0 Å². The molecule has 0 amide bonds. The highest BCUT2D eigenvalue weighted by Gasteiger charge is 2.30. The van der Waals surface area contributed by atoms with E-state index in [2.05, 4.69) is 0 Å². The summed E-state index contributed by atoms with van der Waals surface area (Å²) in [5.41, 5.74) is 0.373. The number of rotatable bonds is 11. The minimum Gasteiger partial charge on any atom is -0.504 e. The molecule has 2 rings (SSSR count). The molecule has 0 radical (unpaired) electrons. The SMILES string of the molecule is CCOC(=O)CCC(CC)(CC)Oc1ccc(Oc2ccc(CC)cc2O)c(F)c1. The van der Waals surface area contributed by atoms with Crippen molar-refractivity contribution in [1.29, 1.82) is 0 Å². The fraction of sp³-hybridized carbons (Fsp3) is 0.458. The van der Waals surface area contributed by atoms with Crippen LogP contribution >= 0.6 is 0 Å². The third-order valence-corrected chi connectivity index (χ3v) is 5.27. The molecule has 0 unspecified atom stereocenters. The molecule has 0 aliphatic heterocycles. The van der Waals surface area contributed by atoms with Gasteiger partial charge in [-0.05, 0) is 62.4 Å². The van der Waals surface area contributed by atoms with Crippen LogP contribution in [0.4, 0.5) is 4.39 Å². The average molecular weight is 419 g/mol. The third-order valence-electron chi connectivity index (χ3n) is 5.27. The topological polar surface area (TPSA) is 65.0 Å². The van der Waals surface area contributed by atoms with Gasteiger partial charge in [-0.2, -0.15) is 0 Å². The lowest BCUT2D eigenvalue weighted by Crippen LogP contribution is -2.35. The van der Waals surface area contributed by atoms with Crippen molar-refractivity contribution in [2.45, 2.75) is 65.4 Å². The van der Waals surface area contributed by atoms with E-state index in [-0.39, 0.29) is 29.6 Å². The normalized spacial score (nSPS) is 11.2. The minimum atomic E-state index is -0.599. The molecule has 2 aromatic rings. The van der Waals surface area contributed by atoms with E-state index >= 15 is 0 Å². The van der Waals surface area contributed by atoms with Crippen molar-refractivity contribution in [2.75, 3.05) is 6.61 Å². The van der Waals surface area contributed by atoms with Crippen LogP contribution in [0.15, 0.2) is 36.4 Å². The number of aryl methyl sites for hydroxylation is 1. The Morgan fingerprint density at radius 3 is 2.30 bits per heavy atom. The Hall–Kier alpha value is -2.76. The van der Waals surface area contributed by atoms with Crippen LogP contribution in [0.1, 0.15) is 58.9 Å². The minimum absolute atomic E-state index is 0.00739. The second-order valence-corrected chi connectivity index (χ2v) is 7.15. The molecule has 0 aliphatic rings. The van der Waals surface area contributed by atoms with Crippen LogP contribution in [0.3, 0.4) is 0 Å². The van der Waals surface area contributed by atoms with Crippen molar-refractivity contribution in [1.82, 2.24) is 0 Å². The smallest absolute Gasteiger partial charge is 0.305 e. The summed E-state index contributed by atoms with van der Waals surface area (Å²) in [5.74, 6) is -0.367. The number of aromatic hydroxyl groups is 1. The molecule has 0 saturated heterocycles. The van der Waals surface area contributed by atoms with Crippen LogP contribution in [0.25, 0.3) is 0 Å². The summed E-state index contributed by atoms with van der Waals surface area (Å²) in [6, 6.07) is 9.40. The quantitative estimate of drug-likeness (QED) is 0.442. The molecule has 30 heavy (non-hydrogen) atoms. The van der Waals surface area contributed by atoms with Crippen molar-refractivity contribution >= 4 is 5.97 Å². The summed E-state index contributed by atoms with van der Waals surface area (Å²) in [6.07, 6.45) is 2.84. The number of hydrogen-bond donors (Lipinski definition) is 1. The van der Waals surface area contributed by atoms with Gasteiger partial charge >= 0.3 is 5.97 Å². The first-order chi connectivity index (χ1) is 14.4. The van der Waals surface area contributed by atoms with E-state index in [0.717, 1.165) is 12.0 Å². The first-order valence-corrected chi connectivity index (χ1v) is 10.5. The lowest BCUT2D eigenvalue weighted by Gasteiger charge is -2.32. The fourth-order valence-electron chi connectivity index (χ4n) is 3.23. The van der Waals surface area contributed by atoms with Gasteiger partial charge in [0.15, 0.2) is 23.1 Å². The highest BCUT2D eigenvalue weighted by Crippen LogP contribution is 2.35. The number of benzene rings is 2. The highest BCUT2D eigenvalue weighted by molar-refractivity contribution is 5.69. The Bertz CT molecular complexity index is 845. The standard InChI is InChI=1S/C24H31FO5/c1-5-17-9-11-22(20(26)15-17)29-21-12-10-18(16-19(21)25)30-24(6-2,7-3)14-13-23(27)28-8-4/h9-12,15-16,26H,5-8,13-14H2,1-4H3. The molecule has 0 heterocycles. The second-order valence-electron chi connectivity index (χ2n) is 7.15. The summed E-state index contributed by atoms with van der Waals surface area (Å²) >= 11 is 0. The van der Waals surface area contributed by atoms with Gasteiger partial charge in [-0.3, -0.25) is 4.79 Å². The Labute approximate surface area is 177 Å². The van der Waals surface area contributed by atoms with E-state index in [1.807, 2.05) is 26.8 Å². The van der Waals surface area contributed by atoms with Crippen LogP contribution < -0.4 is 9.47 Å². The van der Waals surface area contributed by atoms with Crippen LogP contribution in [0, 0.1) is 5.82 Å². The molecule has 1 N–H and O–H groups in total. The second kappa shape index (κ2) is 10.9. The largest absolute Gasteiger partial charge is 0.504 e. The number of esters is 1. The van der Waals surface area contributed by atoms with E-state index in [1.54, 1.807) is 25.1 Å². The molecule has 0 spiro atoms. The van der Waals surface area contributed by atoms with Gasteiger partial charge in [0.05, 0.1) is 6.61 Å². The first-order valence-electron chi connectivity index (χ1n) is 10.5. The molecular weight excluding hydrogens is 387 g/mol. The van der Waals surface area contributed by atoms with Crippen molar-refractivity contribution in [3.8, 4) is 23.0 Å². The van der Waals surface area contributed by atoms with E-state index in [4.69, 9.17) is 14.2 Å². The number of phenolic OH excluding ortho intramolecular Hbond substituents is 1. The van der Waals surface area contributed by atoms with Gasteiger partial charge in [-0.25, -0.2) is 4.39 Å². The molecule has 0 aromatic heterocycles. The maximum atomic E-state index is 14.6. The molecule has 0 bridgehead atoms. The summed E-state index contributed by atoms with van der Waals surface area (Å²) in [7, 11) is 0. The van der Waals surface area contributed by atoms with Crippen LogP contribution in [0.2, 0.25) is 0 Å². The van der Waals surface area contributed by atoms with Gasteiger partial charge in [0, 0.05) is 12.5 Å². The molecule has 6 heteroatoms. The lowest BCUT2D eigenvalue weighted by atomic mass is 9.91. The highest BCUT2D eigenvalue weighted by atomic mass is 19.1. The van der Waals surface area contributed by atoms with Crippen molar-refractivity contribution in [2.24, 2.45) is 0 Å². The summed E-state index contributed by atoms with van der Waals surface area (Å²) in [4.78, 5) is 11.7. The summed E-state index contributed by atoms with van der Waals surface area (Å²) in [6.45, 7) is 8.05. The van der Waals surface area contributed by atoms with Crippen LogP contribution in [0.5, 0.6) is 23.0 Å². The van der Waals surface area contributed by atoms with Gasteiger partial charge in [-0.1, -0.05) is 26.8 Å². The molecule has 0 fully saturated rings. The summed E-state index contributed by atoms with van der Waals surface area (Å²) < 4.78 is 31.3. The number of phenols is 1. The van der Waals surface area contributed by atoms with E-state index in [0.29, 0.717) is 31.6 Å². The average Bonchev–Trinajstić information content (AvgIpc) is 2.74. The molecule has 5 nitrogen and oxygen atoms in total. The van der Waals surface area contributed by atoms with Gasteiger partial charge in [0.2, 0.25) is 0 Å². The molecule has 2 aromatic carbocycles. The predicted octanol–water partition coefficient (Wildman–Crippen LogP) is 6.17. The van der Waals surface area contributed by atoms with Gasteiger partial charge < -0.3 is 19.3 Å². The van der Waals surface area contributed by atoms with E-state index in [9.17, 15) is 14.3 Å². The van der Waals surface area contributed by atoms with E-state index in [1.165, 1.54) is 12.1 Å². The van der Waals surface area contributed by atoms with E-state index < -0.39 is 11.4 Å². The molecule has 0 saturated carbocycles. The summed E-state index contributed by atoms with van der Waals surface area (Å²) in [5, 5.41) is 10.1. The Kier molecular flexibility index (Phi) is 8.51. The zero-order chi connectivity index (χ0) is 22.1. The van der Waals surface area contributed by atoms with Gasteiger partial charge in [-0.15, -0.1) is 0 Å². The van der Waals surface area contributed by atoms with Crippen molar-refractivity contribution in [3.05, 3.63) is 47.8 Å². The molecule has 0 aliphatic carbocycles. The molecule has 164 valence electrons. The Morgan fingerprint density at radius 2 is 1.73 bits per heavy atom. The lowest BCUT2D eigenvalue weighted by molar-refractivity contribution is -0.144. The zero-order valence-electron chi connectivity index (χ0n) is 18.2. The predicted molar refractivity (Wildman–Crippen MR) is 114 cm³/mol. The monoisotopic (exact) mass is 418 g/mol. The van der Waals surface area contributed by atoms with Gasteiger partial charge in [0.1, 0.15) is 11.4 Å². The zero-order valence-corrected chi connectivity index (χ0v) is 18.2. The maximum absolute atomic E-state index is 14.6. The van der Waals surface area contributed by atoms with Crippen LogP contribution in [-0.4, -0.2) is 23.3 Å². The fourth-order valence-corrected chi connectivity index (χ4v) is 3.23. The number of carbonyl (C=O) groups excluding carboxylic acids is 1. The number of halogens is 1. The maximum Gasteiger partial charge on any atom is 0.305 e. The van der Waals surface area contributed by atoms with Crippen molar-refractivity contribution in [3.63, 3.8) is 0 Å². The van der Waals surface area contributed by atoms with Crippen LogP contribution in [-0.2, 0) is 16.0 Å². The molecule has 0 atom stereocenters. The Morgan fingerprint density at radius 1 is 1.03 bits per heavy atom. The number of hydrogen-bond acceptors (Lipinski definition) is 5. The number of ether oxygens (including phenoxy) is 3. The first kappa shape index (κ1) is 23.5.